The number of benzene rings is 1. The van der Waals surface area contributed by atoms with Crippen molar-refractivity contribution in [2.24, 2.45) is 0 Å². The lowest BCUT2D eigenvalue weighted by Gasteiger charge is -2.10. The highest BCUT2D eigenvalue weighted by molar-refractivity contribution is 9.10. The van der Waals surface area contributed by atoms with Gasteiger partial charge in [-0.3, -0.25) is 0 Å². The molecule has 0 amide bonds. The van der Waals surface area contributed by atoms with Crippen molar-refractivity contribution in [3.63, 3.8) is 0 Å². The highest BCUT2D eigenvalue weighted by atomic mass is 79.9. The largest absolute Gasteiger partial charge is 0.385 e. The highest BCUT2D eigenvalue weighted by Crippen LogP contribution is 2.23. The summed E-state index contributed by atoms with van der Waals surface area (Å²) in [5.74, 6) is 0.465. The molecular formula is C14H17BrFN3O. The van der Waals surface area contributed by atoms with Crippen LogP contribution in [0.4, 0.5) is 16.0 Å². The van der Waals surface area contributed by atoms with Crippen molar-refractivity contribution in [1.82, 2.24) is 9.55 Å². The Labute approximate surface area is 126 Å². The molecule has 0 fully saturated rings. The maximum absolute atomic E-state index is 13.2. The molecule has 0 aliphatic carbocycles. The zero-order chi connectivity index (χ0) is 14.5. The van der Waals surface area contributed by atoms with Crippen molar-refractivity contribution >= 4 is 27.6 Å². The minimum absolute atomic E-state index is 0.282. The van der Waals surface area contributed by atoms with E-state index in [1.807, 2.05) is 17.7 Å². The summed E-state index contributed by atoms with van der Waals surface area (Å²) in [5.41, 5.74) is 1.72. The molecule has 2 rings (SSSR count). The van der Waals surface area contributed by atoms with E-state index in [9.17, 15) is 4.39 Å². The van der Waals surface area contributed by atoms with Crippen molar-refractivity contribution < 1.29 is 9.13 Å². The molecule has 0 aliphatic rings. The molecule has 0 saturated heterocycles. The minimum atomic E-state index is -0.282. The average molecular weight is 342 g/mol. The number of imidazole rings is 1. The number of nitrogens with zero attached hydrogens (tertiary/aromatic N) is 2. The Kier molecular flexibility index (Phi) is 5.14. The average Bonchev–Trinajstić information content (AvgIpc) is 2.74. The normalized spacial score (nSPS) is 10.8. The number of aryl methyl sites for hydroxylation is 2. The number of ether oxygens (including phenoxy) is 1. The summed E-state index contributed by atoms with van der Waals surface area (Å²) < 4.78 is 20.7. The van der Waals surface area contributed by atoms with E-state index < -0.39 is 0 Å². The van der Waals surface area contributed by atoms with Crippen LogP contribution in [-0.2, 0) is 11.3 Å². The predicted octanol–water partition coefficient (Wildman–Crippen LogP) is 3.87. The van der Waals surface area contributed by atoms with Gasteiger partial charge in [-0.2, -0.15) is 0 Å². The quantitative estimate of drug-likeness (QED) is 0.810. The van der Waals surface area contributed by atoms with Crippen molar-refractivity contribution in [3.8, 4) is 0 Å². The van der Waals surface area contributed by atoms with Crippen molar-refractivity contribution in [3.05, 3.63) is 40.4 Å². The standard InChI is InChI=1S/C14H17BrFN3O/c1-10-9-19(6-3-7-20-2)14(17-10)18-11-4-5-13(16)12(15)8-11/h4-5,8-9H,3,6-7H2,1-2H3,(H,17,18). The zero-order valence-corrected chi connectivity index (χ0v) is 13.1. The van der Waals surface area contributed by atoms with E-state index in [0.29, 0.717) is 11.1 Å². The van der Waals surface area contributed by atoms with Crippen LogP contribution < -0.4 is 5.32 Å². The van der Waals surface area contributed by atoms with Gasteiger partial charge in [-0.05, 0) is 47.5 Å². The third-order valence-electron chi connectivity index (χ3n) is 2.82. The van der Waals surface area contributed by atoms with Gasteiger partial charge in [0.2, 0.25) is 5.95 Å². The summed E-state index contributed by atoms with van der Waals surface area (Å²) in [4.78, 5) is 4.44. The number of methoxy groups -OCH3 is 1. The second kappa shape index (κ2) is 6.85. The topological polar surface area (TPSA) is 39.1 Å². The van der Waals surface area contributed by atoms with E-state index in [1.54, 1.807) is 19.2 Å². The summed E-state index contributed by atoms with van der Waals surface area (Å²) in [6.45, 7) is 3.47. The van der Waals surface area contributed by atoms with Crippen LogP contribution in [0.2, 0.25) is 0 Å². The van der Waals surface area contributed by atoms with Gasteiger partial charge in [0, 0.05) is 32.1 Å². The van der Waals surface area contributed by atoms with Crippen molar-refractivity contribution in [2.45, 2.75) is 19.9 Å². The summed E-state index contributed by atoms with van der Waals surface area (Å²) >= 11 is 3.18. The molecule has 6 heteroatoms. The molecule has 108 valence electrons. The van der Waals surface area contributed by atoms with Gasteiger partial charge in [0.25, 0.3) is 0 Å². The Morgan fingerprint density at radius 3 is 2.95 bits per heavy atom. The number of halogens is 2. The fourth-order valence-corrected chi connectivity index (χ4v) is 2.28. The Bertz CT molecular complexity index is 586. The first kappa shape index (κ1) is 15.0. The van der Waals surface area contributed by atoms with Gasteiger partial charge >= 0.3 is 0 Å². The van der Waals surface area contributed by atoms with Gasteiger partial charge in [-0.1, -0.05) is 0 Å². The third kappa shape index (κ3) is 3.80. The van der Waals surface area contributed by atoms with E-state index in [2.05, 4.69) is 26.2 Å². The SMILES string of the molecule is COCCCn1cc(C)nc1Nc1ccc(F)c(Br)c1. The second-order valence-corrected chi connectivity index (χ2v) is 5.35. The number of hydrogen-bond donors (Lipinski definition) is 1. The van der Waals surface area contributed by atoms with Crippen LogP contribution in [0.1, 0.15) is 12.1 Å². The Morgan fingerprint density at radius 1 is 1.45 bits per heavy atom. The minimum Gasteiger partial charge on any atom is -0.385 e. The smallest absolute Gasteiger partial charge is 0.207 e. The van der Waals surface area contributed by atoms with E-state index in [1.165, 1.54) is 6.07 Å². The first-order valence-electron chi connectivity index (χ1n) is 6.35. The molecule has 0 atom stereocenters. The predicted molar refractivity (Wildman–Crippen MR) is 80.8 cm³/mol. The number of nitrogens with one attached hydrogen (secondary N) is 1. The van der Waals surface area contributed by atoms with E-state index in [0.717, 1.165) is 30.3 Å². The molecule has 1 aromatic carbocycles. The molecule has 0 unspecified atom stereocenters. The second-order valence-electron chi connectivity index (χ2n) is 4.50. The molecule has 0 radical (unpaired) electrons. The van der Waals surface area contributed by atoms with Gasteiger partial charge in [0.15, 0.2) is 0 Å². The van der Waals surface area contributed by atoms with E-state index in [-0.39, 0.29) is 5.82 Å². The highest BCUT2D eigenvalue weighted by Gasteiger charge is 2.07. The van der Waals surface area contributed by atoms with Gasteiger partial charge in [-0.15, -0.1) is 0 Å². The number of anilines is 2. The van der Waals surface area contributed by atoms with Gasteiger partial charge in [0.05, 0.1) is 10.2 Å². The lowest BCUT2D eigenvalue weighted by Crippen LogP contribution is -2.05. The van der Waals surface area contributed by atoms with Crippen molar-refractivity contribution in [2.75, 3.05) is 19.0 Å². The van der Waals surface area contributed by atoms with E-state index >= 15 is 0 Å². The summed E-state index contributed by atoms with van der Waals surface area (Å²) in [7, 11) is 1.69. The zero-order valence-electron chi connectivity index (χ0n) is 11.5. The van der Waals surface area contributed by atoms with Crippen LogP contribution in [0, 0.1) is 12.7 Å². The molecule has 0 bridgehead atoms. The maximum atomic E-state index is 13.2. The van der Waals surface area contributed by atoms with Crippen LogP contribution in [-0.4, -0.2) is 23.3 Å². The van der Waals surface area contributed by atoms with Gasteiger partial charge in [-0.25, -0.2) is 9.37 Å². The van der Waals surface area contributed by atoms with Crippen LogP contribution in [0.25, 0.3) is 0 Å². The molecule has 4 nitrogen and oxygen atoms in total. The fourth-order valence-electron chi connectivity index (χ4n) is 1.90. The van der Waals surface area contributed by atoms with Crippen LogP contribution in [0.5, 0.6) is 0 Å². The van der Waals surface area contributed by atoms with E-state index in [4.69, 9.17) is 4.74 Å². The maximum Gasteiger partial charge on any atom is 0.207 e. The lowest BCUT2D eigenvalue weighted by atomic mass is 10.3. The number of hydrogen-bond acceptors (Lipinski definition) is 3. The van der Waals surface area contributed by atoms with Gasteiger partial charge in [0.1, 0.15) is 5.82 Å². The van der Waals surface area contributed by atoms with Crippen molar-refractivity contribution in [1.29, 1.82) is 0 Å². The molecule has 20 heavy (non-hydrogen) atoms. The summed E-state index contributed by atoms with van der Waals surface area (Å²) in [5, 5.41) is 3.20. The molecule has 1 N–H and O–H groups in total. The van der Waals surface area contributed by atoms with Crippen LogP contribution >= 0.6 is 15.9 Å². The Hall–Kier alpha value is -1.40. The number of aromatic nitrogens is 2. The fraction of sp³-hybridized carbons (Fsp3) is 0.357. The molecule has 2 aromatic rings. The summed E-state index contributed by atoms with van der Waals surface area (Å²) in [6.07, 6.45) is 2.89. The van der Waals surface area contributed by atoms with Crippen LogP contribution in [0.3, 0.4) is 0 Å². The first-order valence-corrected chi connectivity index (χ1v) is 7.14. The molecule has 0 saturated carbocycles. The Balaban J connectivity index is 2.13. The molecular weight excluding hydrogens is 325 g/mol. The Morgan fingerprint density at radius 2 is 2.25 bits per heavy atom. The molecule has 1 aromatic heterocycles. The monoisotopic (exact) mass is 341 g/mol. The number of rotatable bonds is 6. The molecule has 1 heterocycles. The molecule has 0 aliphatic heterocycles. The summed E-state index contributed by atoms with van der Waals surface area (Å²) in [6, 6.07) is 4.79. The van der Waals surface area contributed by atoms with Gasteiger partial charge < -0.3 is 14.6 Å². The first-order chi connectivity index (χ1) is 9.60. The molecule has 0 spiro atoms. The third-order valence-corrected chi connectivity index (χ3v) is 3.43. The van der Waals surface area contributed by atoms with Crippen LogP contribution in [0.15, 0.2) is 28.9 Å². The lowest BCUT2D eigenvalue weighted by molar-refractivity contribution is 0.190.